The van der Waals surface area contributed by atoms with Crippen LogP contribution in [0.25, 0.3) is 11.0 Å². The van der Waals surface area contributed by atoms with Gasteiger partial charge in [0.15, 0.2) is 5.76 Å². The minimum absolute atomic E-state index is 0.170. The first-order valence-electron chi connectivity index (χ1n) is 6.86. The molecule has 2 amide bonds. The maximum atomic E-state index is 12.2. The summed E-state index contributed by atoms with van der Waals surface area (Å²) < 4.78 is 5.47. The fourth-order valence-electron chi connectivity index (χ4n) is 2.52. The van der Waals surface area contributed by atoms with E-state index in [9.17, 15) is 14.4 Å². The average molecular weight is 285 g/mol. The van der Waals surface area contributed by atoms with Crippen molar-refractivity contribution in [2.24, 2.45) is 11.8 Å². The van der Waals surface area contributed by atoms with E-state index in [2.05, 4.69) is 0 Å². The summed E-state index contributed by atoms with van der Waals surface area (Å²) in [5.41, 5.74) is 0.613. The first-order valence-corrected chi connectivity index (χ1v) is 6.86. The summed E-state index contributed by atoms with van der Waals surface area (Å²) in [6.07, 6.45) is 0. The topological polar surface area (TPSA) is 67.6 Å². The Bertz CT molecular complexity index is 693. The van der Waals surface area contributed by atoms with Gasteiger partial charge in [0.1, 0.15) is 5.58 Å². The number of nitrogens with zero attached hydrogens (tertiary/aromatic N) is 1. The van der Waals surface area contributed by atoms with Crippen molar-refractivity contribution < 1.29 is 18.8 Å². The lowest BCUT2D eigenvalue weighted by atomic mass is 10.00. The smallest absolute Gasteiger partial charge is 0.233 e. The second kappa shape index (κ2) is 4.84. The molecule has 3 rings (SSSR count). The van der Waals surface area contributed by atoms with Gasteiger partial charge in [0.25, 0.3) is 0 Å². The number of hydrogen-bond acceptors (Lipinski definition) is 4. The second-order valence-corrected chi connectivity index (χ2v) is 5.41. The van der Waals surface area contributed by atoms with Gasteiger partial charge in [0, 0.05) is 17.2 Å². The van der Waals surface area contributed by atoms with Crippen LogP contribution in [0.4, 0.5) is 0 Å². The molecule has 5 nitrogen and oxygen atoms in total. The normalized spacial score (nSPS) is 22.3. The molecule has 0 saturated carbocycles. The number of hydrogen-bond donors (Lipinski definition) is 0. The van der Waals surface area contributed by atoms with Gasteiger partial charge in [-0.3, -0.25) is 19.3 Å². The highest BCUT2D eigenvalue weighted by Gasteiger charge is 2.43. The highest BCUT2D eigenvalue weighted by molar-refractivity contribution is 6.09. The third kappa shape index (κ3) is 2.14. The van der Waals surface area contributed by atoms with Gasteiger partial charge in [0.2, 0.25) is 17.6 Å². The Labute approximate surface area is 121 Å². The molecule has 2 atom stereocenters. The first-order chi connectivity index (χ1) is 9.99. The molecular weight excluding hydrogens is 270 g/mol. The molecular formula is C16H15NO4. The summed E-state index contributed by atoms with van der Waals surface area (Å²) in [6, 6.07) is 8.91. The Morgan fingerprint density at radius 1 is 1.14 bits per heavy atom. The second-order valence-electron chi connectivity index (χ2n) is 5.41. The quantitative estimate of drug-likeness (QED) is 0.641. The van der Waals surface area contributed by atoms with Crippen LogP contribution in [0.5, 0.6) is 0 Å². The number of carbonyl (C=O) groups is 3. The molecule has 0 aliphatic carbocycles. The molecule has 1 aliphatic rings. The predicted molar refractivity (Wildman–Crippen MR) is 75.6 cm³/mol. The highest BCUT2D eigenvalue weighted by atomic mass is 16.3. The van der Waals surface area contributed by atoms with Crippen LogP contribution in [0.2, 0.25) is 0 Å². The Morgan fingerprint density at radius 3 is 2.38 bits per heavy atom. The average Bonchev–Trinajstić information content (AvgIpc) is 2.99. The number of ketones is 1. The largest absolute Gasteiger partial charge is 0.453 e. The molecule has 21 heavy (non-hydrogen) atoms. The molecule has 108 valence electrons. The summed E-state index contributed by atoms with van der Waals surface area (Å²) in [4.78, 5) is 37.2. The van der Waals surface area contributed by atoms with E-state index in [0.29, 0.717) is 5.58 Å². The number of furan rings is 1. The molecule has 5 heteroatoms. The van der Waals surface area contributed by atoms with Gasteiger partial charge >= 0.3 is 0 Å². The molecule has 1 aromatic heterocycles. The SMILES string of the molecule is CC1C(=O)N(CC(=O)c2cc3ccccc3o2)C(=O)C1C. The predicted octanol–water partition coefficient (Wildman–Crippen LogP) is 2.26. The van der Waals surface area contributed by atoms with Gasteiger partial charge in [-0.25, -0.2) is 0 Å². The molecule has 1 aromatic carbocycles. The molecule has 2 heterocycles. The lowest BCUT2D eigenvalue weighted by molar-refractivity contribution is -0.139. The zero-order valence-electron chi connectivity index (χ0n) is 11.8. The summed E-state index contributed by atoms with van der Waals surface area (Å²) in [6.45, 7) is 3.15. The van der Waals surface area contributed by atoms with Crippen LogP contribution >= 0.6 is 0 Å². The number of para-hydroxylation sites is 1. The van der Waals surface area contributed by atoms with E-state index in [1.54, 1.807) is 26.0 Å². The minimum atomic E-state index is -0.374. The Balaban J connectivity index is 1.83. The fraction of sp³-hybridized carbons (Fsp3) is 0.312. The van der Waals surface area contributed by atoms with Gasteiger partial charge in [0.05, 0.1) is 6.54 Å². The van der Waals surface area contributed by atoms with Crippen LogP contribution in [0, 0.1) is 11.8 Å². The zero-order valence-corrected chi connectivity index (χ0v) is 11.8. The lowest BCUT2D eigenvalue weighted by Gasteiger charge is -2.12. The molecule has 0 spiro atoms. The van der Waals surface area contributed by atoms with Crippen molar-refractivity contribution in [2.45, 2.75) is 13.8 Å². The Hall–Kier alpha value is -2.43. The van der Waals surface area contributed by atoms with E-state index >= 15 is 0 Å². The molecule has 0 radical (unpaired) electrons. The zero-order chi connectivity index (χ0) is 15.1. The van der Waals surface area contributed by atoms with Crippen LogP contribution in [0.15, 0.2) is 34.7 Å². The third-order valence-corrected chi connectivity index (χ3v) is 4.06. The van der Waals surface area contributed by atoms with Crippen molar-refractivity contribution in [3.05, 3.63) is 36.1 Å². The molecule has 1 saturated heterocycles. The molecule has 1 aliphatic heterocycles. The number of fused-ring (bicyclic) bond motifs is 1. The van der Waals surface area contributed by atoms with Crippen LogP contribution in [0.1, 0.15) is 24.4 Å². The standard InChI is InChI=1S/C16H15NO4/c1-9-10(2)16(20)17(15(9)19)8-12(18)14-7-11-5-3-4-6-13(11)21-14/h3-7,9-10H,8H2,1-2H3. The van der Waals surface area contributed by atoms with Gasteiger partial charge < -0.3 is 4.42 Å². The van der Waals surface area contributed by atoms with E-state index < -0.39 is 0 Å². The van der Waals surface area contributed by atoms with Crippen molar-refractivity contribution in [3.8, 4) is 0 Å². The fourth-order valence-corrected chi connectivity index (χ4v) is 2.52. The van der Waals surface area contributed by atoms with Gasteiger partial charge in [-0.2, -0.15) is 0 Å². The van der Waals surface area contributed by atoms with Crippen molar-refractivity contribution >= 4 is 28.6 Å². The van der Waals surface area contributed by atoms with Gasteiger partial charge in [-0.15, -0.1) is 0 Å². The number of amides is 2. The number of carbonyl (C=O) groups excluding carboxylic acids is 3. The number of imide groups is 1. The number of likely N-dealkylation sites (tertiary alicyclic amines) is 1. The molecule has 0 bridgehead atoms. The molecule has 2 aromatic rings. The van der Waals surface area contributed by atoms with Crippen molar-refractivity contribution in [1.82, 2.24) is 4.90 Å². The van der Waals surface area contributed by atoms with Gasteiger partial charge in [-0.05, 0) is 12.1 Å². The van der Waals surface area contributed by atoms with E-state index in [0.717, 1.165) is 10.3 Å². The van der Waals surface area contributed by atoms with Crippen molar-refractivity contribution in [2.75, 3.05) is 6.54 Å². The summed E-state index contributed by atoms with van der Waals surface area (Å²) in [7, 11) is 0. The van der Waals surface area contributed by atoms with Crippen molar-refractivity contribution in [3.63, 3.8) is 0 Å². The molecule has 2 unspecified atom stereocenters. The van der Waals surface area contributed by atoms with Crippen LogP contribution < -0.4 is 0 Å². The summed E-state index contributed by atoms with van der Waals surface area (Å²) in [5.74, 6) is -1.53. The highest BCUT2D eigenvalue weighted by Crippen LogP contribution is 2.26. The minimum Gasteiger partial charge on any atom is -0.453 e. The van der Waals surface area contributed by atoms with Crippen LogP contribution in [0.3, 0.4) is 0 Å². The van der Waals surface area contributed by atoms with E-state index in [4.69, 9.17) is 4.42 Å². The third-order valence-electron chi connectivity index (χ3n) is 4.06. The monoisotopic (exact) mass is 285 g/mol. The maximum absolute atomic E-state index is 12.2. The molecule has 0 N–H and O–H groups in total. The number of Topliss-reactive ketones (excluding diaryl/α,β-unsaturated/α-hetero) is 1. The first kappa shape index (κ1) is 13.5. The lowest BCUT2D eigenvalue weighted by Crippen LogP contribution is -2.35. The van der Waals surface area contributed by atoms with E-state index in [-0.39, 0.29) is 41.7 Å². The number of benzene rings is 1. The number of rotatable bonds is 3. The van der Waals surface area contributed by atoms with Crippen LogP contribution in [-0.2, 0) is 9.59 Å². The summed E-state index contributed by atoms with van der Waals surface area (Å²) >= 11 is 0. The van der Waals surface area contributed by atoms with Crippen molar-refractivity contribution in [1.29, 1.82) is 0 Å². The Kier molecular flexibility index (Phi) is 3.12. The Morgan fingerprint density at radius 2 is 1.76 bits per heavy atom. The van der Waals surface area contributed by atoms with E-state index in [1.165, 1.54) is 0 Å². The van der Waals surface area contributed by atoms with Crippen LogP contribution in [-0.4, -0.2) is 29.0 Å². The maximum Gasteiger partial charge on any atom is 0.233 e. The van der Waals surface area contributed by atoms with Gasteiger partial charge in [-0.1, -0.05) is 32.0 Å². The van der Waals surface area contributed by atoms with E-state index in [1.807, 2.05) is 18.2 Å². The summed E-state index contributed by atoms with van der Waals surface area (Å²) in [5, 5.41) is 0.821. The molecule has 1 fully saturated rings.